The molecule has 0 radical (unpaired) electrons. The molecule has 17 heavy (non-hydrogen) atoms. The molecule has 1 unspecified atom stereocenters. The van der Waals surface area contributed by atoms with Crippen molar-refractivity contribution in [3.05, 3.63) is 52.0 Å². The Morgan fingerprint density at radius 2 is 2.24 bits per heavy atom. The second-order valence-corrected chi connectivity index (χ2v) is 4.89. The highest BCUT2D eigenvalue weighted by atomic mass is 32.1. The Morgan fingerprint density at radius 3 is 2.82 bits per heavy atom. The number of aryl methyl sites for hydroxylation is 1. The molecular weight excluding hydrogens is 234 g/mol. The topological polar surface area (TPSA) is 50.2 Å². The normalized spacial score (nSPS) is 12.3. The molecule has 1 atom stereocenters. The minimum absolute atomic E-state index is 0.489. The van der Waals surface area contributed by atoms with Crippen LogP contribution in [0, 0.1) is 6.92 Å². The number of rotatable bonds is 4. The van der Waals surface area contributed by atoms with Crippen LogP contribution in [0.1, 0.15) is 21.9 Å². The van der Waals surface area contributed by atoms with Crippen LogP contribution in [0.25, 0.3) is 0 Å². The summed E-state index contributed by atoms with van der Waals surface area (Å²) in [5.41, 5.74) is 3.63. The van der Waals surface area contributed by atoms with Crippen molar-refractivity contribution in [2.45, 2.75) is 19.3 Å². The lowest BCUT2D eigenvalue weighted by Crippen LogP contribution is -2.15. The number of carboxylic acids is 1. The molecule has 0 aliphatic rings. The zero-order valence-corrected chi connectivity index (χ0v) is 10.3. The molecule has 1 N–H and O–H groups in total. The van der Waals surface area contributed by atoms with Crippen LogP contribution in [0.4, 0.5) is 0 Å². The summed E-state index contributed by atoms with van der Waals surface area (Å²) in [4.78, 5) is 16.3. The van der Waals surface area contributed by atoms with Gasteiger partial charge in [0.2, 0.25) is 0 Å². The molecule has 1 heterocycles. The van der Waals surface area contributed by atoms with E-state index < -0.39 is 11.9 Å². The van der Waals surface area contributed by atoms with Gasteiger partial charge in [-0.1, -0.05) is 24.3 Å². The molecule has 2 aromatic rings. The summed E-state index contributed by atoms with van der Waals surface area (Å²) in [6, 6.07) is 7.63. The van der Waals surface area contributed by atoms with Gasteiger partial charge in [0.1, 0.15) is 0 Å². The molecule has 0 saturated carbocycles. The summed E-state index contributed by atoms with van der Waals surface area (Å²) in [6.07, 6.45) is 2.24. The largest absolute Gasteiger partial charge is 0.481 e. The molecule has 1 aromatic carbocycles. The van der Waals surface area contributed by atoms with E-state index in [1.165, 1.54) is 11.3 Å². The van der Waals surface area contributed by atoms with E-state index >= 15 is 0 Å². The summed E-state index contributed by atoms with van der Waals surface area (Å²) >= 11 is 1.49. The first kappa shape index (κ1) is 11.8. The second kappa shape index (κ2) is 5.10. The first-order valence-electron chi connectivity index (χ1n) is 5.34. The summed E-state index contributed by atoms with van der Waals surface area (Å²) in [5, 5.41) is 9.33. The van der Waals surface area contributed by atoms with Gasteiger partial charge < -0.3 is 5.11 Å². The maximum atomic E-state index is 11.4. The van der Waals surface area contributed by atoms with E-state index in [0.29, 0.717) is 6.42 Å². The molecule has 4 heteroatoms. The van der Waals surface area contributed by atoms with Gasteiger partial charge in [-0.2, -0.15) is 0 Å². The van der Waals surface area contributed by atoms with E-state index in [1.807, 2.05) is 31.2 Å². The Hall–Kier alpha value is -1.68. The van der Waals surface area contributed by atoms with Gasteiger partial charge in [0.05, 0.1) is 11.4 Å². The predicted octanol–water partition coefficient (Wildman–Crippen LogP) is 2.86. The minimum atomic E-state index is -0.785. The highest BCUT2D eigenvalue weighted by Gasteiger charge is 2.22. The molecule has 0 spiro atoms. The fourth-order valence-corrected chi connectivity index (χ4v) is 2.49. The van der Waals surface area contributed by atoms with E-state index in [2.05, 4.69) is 4.98 Å². The van der Waals surface area contributed by atoms with Crippen LogP contribution < -0.4 is 0 Å². The smallest absolute Gasteiger partial charge is 0.311 e. The molecular formula is C13H13NO2S. The monoisotopic (exact) mass is 247 g/mol. The first-order chi connectivity index (χ1) is 8.18. The van der Waals surface area contributed by atoms with Gasteiger partial charge in [0.15, 0.2) is 0 Å². The van der Waals surface area contributed by atoms with Crippen molar-refractivity contribution in [2.24, 2.45) is 0 Å². The van der Waals surface area contributed by atoms with Crippen LogP contribution in [0.5, 0.6) is 0 Å². The van der Waals surface area contributed by atoms with E-state index in [0.717, 1.165) is 16.0 Å². The Kier molecular flexibility index (Phi) is 3.54. The van der Waals surface area contributed by atoms with Crippen molar-refractivity contribution in [1.29, 1.82) is 0 Å². The number of hydrogen-bond donors (Lipinski definition) is 1. The SMILES string of the molecule is Cc1ccccc1C(Cc1cncs1)C(=O)O. The lowest BCUT2D eigenvalue weighted by molar-refractivity contribution is -0.138. The van der Waals surface area contributed by atoms with Crippen molar-refractivity contribution in [3.63, 3.8) is 0 Å². The number of carboxylic acid groups (broad SMARTS) is 1. The second-order valence-electron chi connectivity index (χ2n) is 3.92. The van der Waals surface area contributed by atoms with Crippen molar-refractivity contribution in [2.75, 3.05) is 0 Å². The third-order valence-corrected chi connectivity index (χ3v) is 3.55. The lowest BCUT2D eigenvalue weighted by Gasteiger charge is -2.14. The van der Waals surface area contributed by atoms with Gasteiger partial charge >= 0.3 is 5.97 Å². The van der Waals surface area contributed by atoms with Crippen LogP contribution >= 0.6 is 11.3 Å². The zero-order valence-electron chi connectivity index (χ0n) is 9.46. The molecule has 0 bridgehead atoms. The molecule has 1 aromatic heterocycles. The van der Waals surface area contributed by atoms with Crippen LogP contribution in [-0.2, 0) is 11.2 Å². The van der Waals surface area contributed by atoms with Gasteiger partial charge in [-0.3, -0.25) is 9.78 Å². The van der Waals surface area contributed by atoms with Gasteiger partial charge in [0.25, 0.3) is 0 Å². The Morgan fingerprint density at radius 1 is 1.47 bits per heavy atom. The average Bonchev–Trinajstić information content (AvgIpc) is 2.79. The van der Waals surface area contributed by atoms with E-state index in [4.69, 9.17) is 0 Å². The molecule has 2 rings (SSSR count). The Bertz CT molecular complexity index is 508. The van der Waals surface area contributed by atoms with E-state index in [9.17, 15) is 9.90 Å². The number of nitrogens with zero attached hydrogens (tertiary/aromatic N) is 1. The van der Waals surface area contributed by atoms with Crippen LogP contribution in [0.2, 0.25) is 0 Å². The average molecular weight is 247 g/mol. The quantitative estimate of drug-likeness (QED) is 0.903. The minimum Gasteiger partial charge on any atom is -0.481 e. The van der Waals surface area contributed by atoms with Crippen LogP contribution in [0.3, 0.4) is 0 Å². The summed E-state index contributed by atoms with van der Waals surface area (Å²) < 4.78 is 0. The van der Waals surface area contributed by atoms with E-state index in [-0.39, 0.29) is 0 Å². The van der Waals surface area contributed by atoms with E-state index in [1.54, 1.807) is 11.7 Å². The Balaban J connectivity index is 2.30. The zero-order chi connectivity index (χ0) is 12.3. The maximum absolute atomic E-state index is 11.4. The molecule has 0 aliphatic heterocycles. The standard InChI is InChI=1S/C13H13NO2S/c1-9-4-2-3-5-11(9)12(13(15)16)6-10-7-14-8-17-10/h2-5,7-8,12H,6H2,1H3,(H,15,16). The molecule has 88 valence electrons. The van der Waals surface area contributed by atoms with Gasteiger partial charge in [0, 0.05) is 17.5 Å². The van der Waals surface area contributed by atoms with Crippen LogP contribution in [-0.4, -0.2) is 16.1 Å². The molecule has 0 amide bonds. The number of thiazole rings is 1. The fraction of sp³-hybridized carbons (Fsp3) is 0.231. The van der Waals surface area contributed by atoms with Gasteiger partial charge in [-0.05, 0) is 18.1 Å². The number of hydrogen-bond acceptors (Lipinski definition) is 3. The number of benzene rings is 1. The summed E-state index contributed by atoms with van der Waals surface area (Å²) in [7, 11) is 0. The molecule has 0 aliphatic carbocycles. The number of aliphatic carboxylic acids is 1. The molecule has 3 nitrogen and oxygen atoms in total. The number of carbonyl (C=O) groups is 1. The summed E-state index contributed by atoms with van der Waals surface area (Å²) in [6.45, 7) is 1.94. The van der Waals surface area contributed by atoms with Crippen molar-refractivity contribution in [3.8, 4) is 0 Å². The maximum Gasteiger partial charge on any atom is 0.311 e. The molecule has 0 saturated heterocycles. The van der Waals surface area contributed by atoms with Gasteiger partial charge in [-0.25, -0.2) is 0 Å². The number of aromatic nitrogens is 1. The first-order valence-corrected chi connectivity index (χ1v) is 6.22. The third kappa shape index (κ3) is 2.71. The highest BCUT2D eigenvalue weighted by molar-refractivity contribution is 7.09. The summed E-state index contributed by atoms with van der Waals surface area (Å²) in [5.74, 6) is -1.27. The third-order valence-electron chi connectivity index (χ3n) is 2.75. The van der Waals surface area contributed by atoms with Crippen molar-refractivity contribution in [1.82, 2.24) is 4.98 Å². The molecule has 0 fully saturated rings. The van der Waals surface area contributed by atoms with Gasteiger partial charge in [-0.15, -0.1) is 11.3 Å². The predicted molar refractivity (Wildman–Crippen MR) is 67.4 cm³/mol. The van der Waals surface area contributed by atoms with Crippen molar-refractivity contribution < 1.29 is 9.90 Å². The lowest BCUT2D eigenvalue weighted by atomic mass is 9.92. The fourth-order valence-electron chi connectivity index (χ4n) is 1.85. The van der Waals surface area contributed by atoms with Crippen LogP contribution in [0.15, 0.2) is 36.0 Å². The highest BCUT2D eigenvalue weighted by Crippen LogP contribution is 2.25. The Labute approximate surface area is 104 Å². The van der Waals surface area contributed by atoms with Crippen molar-refractivity contribution >= 4 is 17.3 Å².